The maximum absolute atomic E-state index is 12.6. The van der Waals surface area contributed by atoms with Crippen LogP contribution in [0, 0.1) is 0 Å². The molecule has 0 atom stereocenters. The van der Waals surface area contributed by atoms with Crippen LogP contribution < -0.4 is 14.2 Å². The zero-order valence-corrected chi connectivity index (χ0v) is 13.7. The van der Waals surface area contributed by atoms with Crippen molar-refractivity contribution in [2.45, 2.75) is 0 Å². The highest BCUT2D eigenvalue weighted by Crippen LogP contribution is 2.34. The molecular weight excluding hydrogens is 284 g/mol. The summed E-state index contributed by atoms with van der Waals surface area (Å²) in [6, 6.07) is 3.38. The van der Waals surface area contributed by atoms with E-state index < -0.39 is 0 Å². The number of methoxy groups -OCH3 is 3. The summed E-state index contributed by atoms with van der Waals surface area (Å²) in [5.74, 6) is 1.62. The molecular formula is C16H24N2O4. The third-order valence-corrected chi connectivity index (χ3v) is 3.97. The van der Waals surface area contributed by atoms with Crippen LogP contribution in [0.15, 0.2) is 12.1 Å². The number of Topliss-reactive ketones (excluding diaryl/α,β-unsaturated/α-hetero) is 1. The number of carbonyl (C=O) groups is 1. The van der Waals surface area contributed by atoms with E-state index in [2.05, 4.69) is 16.8 Å². The quantitative estimate of drug-likeness (QED) is 0.735. The SMILES string of the molecule is COc1cc(OC)c(C(=O)CN2CCN(C)CC2)cc1OC. The van der Waals surface area contributed by atoms with Crippen LogP contribution in [0.5, 0.6) is 17.2 Å². The predicted molar refractivity (Wildman–Crippen MR) is 84.4 cm³/mol. The van der Waals surface area contributed by atoms with Crippen molar-refractivity contribution in [2.75, 3.05) is 61.1 Å². The molecule has 0 bridgehead atoms. The van der Waals surface area contributed by atoms with Crippen molar-refractivity contribution in [2.24, 2.45) is 0 Å². The van der Waals surface area contributed by atoms with Gasteiger partial charge in [-0.05, 0) is 13.1 Å². The van der Waals surface area contributed by atoms with Crippen molar-refractivity contribution in [3.63, 3.8) is 0 Å². The first-order valence-corrected chi connectivity index (χ1v) is 7.33. The lowest BCUT2D eigenvalue weighted by Crippen LogP contribution is -2.46. The highest BCUT2D eigenvalue weighted by Gasteiger charge is 2.21. The van der Waals surface area contributed by atoms with Gasteiger partial charge in [0.05, 0.1) is 33.4 Å². The maximum Gasteiger partial charge on any atom is 0.180 e. The van der Waals surface area contributed by atoms with E-state index in [1.165, 1.54) is 0 Å². The van der Waals surface area contributed by atoms with Gasteiger partial charge < -0.3 is 19.1 Å². The molecule has 1 aliphatic heterocycles. The second-order valence-electron chi connectivity index (χ2n) is 5.41. The Morgan fingerprint density at radius 3 is 2.05 bits per heavy atom. The van der Waals surface area contributed by atoms with E-state index in [1.807, 2.05) is 0 Å². The van der Waals surface area contributed by atoms with Gasteiger partial charge in [0, 0.05) is 32.2 Å². The van der Waals surface area contributed by atoms with E-state index in [0.717, 1.165) is 26.2 Å². The standard InChI is InChI=1S/C16H24N2O4/c1-17-5-7-18(8-6-17)11-13(19)12-9-15(21-3)16(22-4)10-14(12)20-2/h9-10H,5-8,11H2,1-4H3. The van der Waals surface area contributed by atoms with Gasteiger partial charge in [-0.1, -0.05) is 0 Å². The number of ketones is 1. The summed E-state index contributed by atoms with van der Waals surface area (Å²) in [6.45, 7) is 4.15. The second-order valence-corrected chi connectivity index (χ2v) is 5.41. The number of hydrogen-bond donors (Lipinski definition) is 0. The summed E-state index contributed by atoms with van der Waals surface area (Å²) in [7, 11) is 6.76. The smallest absolute Gasteiger partial charge is 0.180 e. The molecule has 0 saturated carbocycles. The van der Waals surface area contributed by atoms with Crippen LogP contribution in [0.2, 0.25) is 0 Å². The molecule has 1 saturated heterocycles. The normalized spacial score (nSPS) is 16.4. The second kappa shape index (κ2) is 7.47. The van der Waals surface area contributed by atoms with Crippen molar-refractivity contribution in [1.82, 2.24) is 9.80 Å². The van der Waals surface area contributed by atoms with E-state index in [-0.39, 0.29) is 5.78 Å². The monoisotopic (exact) mass is 308 g/mol. The van der Waals surface area contributed by atoms with Crippen LogP contribution in [-0.2, 0) is 0 Å². The van der Waals surface area contributed by atoms with E-state index in [0.29, 0.717) is 29.4 Å². The van der Waals surface area contributed by atoms with Gasteiger partial charge in [-0.25, -0.2) is 0 Å². The molecule has 2 rings (SSSR count). The minimum absolute atomic E-state index is 0.0300. The molecule has 0 radical (unpaired) electrons. The van der Waals surface area contributed by atoms with Crippen LogP contribution in [0.1, 0.15) is 10.4 Å². The Labute approximate surface area is 131 Å². The summed E-state index contributed by atoms with van der Waals surface area (Å²) in [5.41, 5.74) is 0.527. The van der Waals surface area contributed by atoms with Crippen molar-refractivity contribution in [1.29, 1.82) is 0 Å². The lowest BCUT2D eigenvalue weighted by Gasteiger charge is -2.31. The van der Waals surface area contributed by atoms with Crippen LogP contribution >= 0.6 is 0 Å². The van der Waals surface area contributed by atoms with Crippen molar-refractivity contribution in [3.05, 3.63) is 17.7 Å². The topological polar surface area (TPSA) is 51.2 Å². The molecule has 1 fully saturated rings. The first-order chi connectivity index (χ1) is 10.6. The fraction of sp³-hybridized carbons (Fsp3) is 0.562. The summed E-state index contributed by atoms with van der Waals surface area (Å²) in [4.78, 5) is 17.0. The van der Waals surface area contributed by atoms with Gasteiger partial charge in [0.25, 0.3) is 0 Å². The zero-order chi connectivity index (χ0) is 16.1. The van der Waals surface area contributed by atoms with Crippen LogP contribution in [0.25, 0.3) is 0 Å². The molecule has 1 aliphatic rings. The molecule has 1 heterocycles. The van der Waals surface area contributed by atoms with Crippen LogP contribution in [-0.4, -0.2) is 76.7 Å². The van der Waals surface area contributed by atoms with Gasteiger partial charge in [-0.3, -0.25) is 9.69 Å². The lowest BCUT2D eigenvalue weighted by atomic mass is 10.1. The maximum atomic E-state index is 12.6. The first kappa shape index (κ1) is 16.6. The number of hydrogen-bond acceptors (Lipinski definition) is 6. The third-order valence-electron chi connectivity index (χ3n) is 3.97. The average molecular weight is 308 g/mol. The summed E-state index contributed by atoms with van der Waals surface area (Å²) < 4.78 is 15.9. The summed E-state index contributed by atoms with van der Waals surface area (Å²) >= 11 is 0. The molecule has 122 valence electrons. The van der Waals surface area contributed by atoms with Gasteiger partial charge in [-0.2, -0.15) is 0 Å². The highest BCUT2D eigenvalue weighted by molar-refractivity contribution is 6.00. The molecule has 6 heteroatoms. The van der Waals surface area contributed by atoms with Crippen LogP contribution in [0.3, 0.4) is 0 Å². The van der Waals surface area contributed by atoms with Gasteiger partial charge in [0.1, 0.15) is 5.75 Å². The minimum Gasteiger partial charge on any atom is -0.496 e. The number of rotatable bonds is 6. The Kier molecular flexibility index (Phi) is 5.63. The summed E-state index contributed by atoms with van der Waals surface area (Å²) in [5, 5.41) is 0. The van der Waals surface area contributed by atoms with E-state index >= 15 is 0 Å². The Balaban J connectivity index is 2.17. The minimum atomic E-state index is 0.0300. The molecule has 0 N–H and O–H groups in total. The van der Waals surface area contributed by atoms with Gasteiger partial charge in [0.15, 0.2) is 17.3 Å². The number of benzene rings is 1. The average Bonchev–Trinajstić information content (AvgIpc) is 2.55. The molecule has 0 unspecified atom stereocenters. The Morgan fingerprint density at radius 2 is 1.50 bits per heavy atom. The molecule has 1 aromatic rings. The van der Waals surface area contributed by atoms with E-state index in [1.54, 1.807) is 33.5 Å². The Morgan fingerprint density at radius 1 is 0.955 bits per heavy atom. The molecule has 0 aliphatic carbocycles. The van der Waals surface area contributed by atoms with E-state index in [9.17, 15) is 4.79 Å². The largest absolute Gasteiger partial charge is 0.496 e. The number of carbonyl (C=O) groups excluding carboxylic acids is 1. The number of piperazine rings is 1. The highest BCUT2D eigenvalue weighted by atomic mass is 16.5. The first-order valence-electron chi connectivity index (χ1n) is 7.33. The van der Waals surface area contributed by atoms with Crippen LogP contribution in [0.4, 0.5) is 0 Å². The van der Waals surface area contributed by atoms with E-state index in [4.69, 9.17) is 14.2 Å². The zero-order valence-electron chi connectivity index (χ0n) is 13.7. The fourth-order valence-electron chi connectivity index (χ4n) is 2.54. The molecule has 0 amide bonds. The predicted octanol–water partition coefficient (Wildman–Crippen LogP) is 1.14. The fourth-order valence-corrected chi connectivity index (χ4v) is 2.54. The number of nitrogens with zero attached hydrogens (tertiary/aromatic N) is 2. The molecule has 22 heavy (non-hydrogen) atoms. The molecule has 0 aromatic heterocycles. The molecule has 1 aromatic carbocycles. The third kappa shape index (κ3) is 3.69. The van der Waals surface area contributed by atoms with Crippen molar-refractivity contribution >= 4 is 5.78 Å². The summed E-state index contributed by atoms with van der Waals surface area (Å²) in [6.07, 6.45) is 0. The van der Waals surface area contributed by atoms with Gasteiger partial charge >= 0.3 is 0 Å². The lowest BCUT2D eigenvalue weighted by molar-refractivity contribution is 0.0873. The molecule has 0 spiro atoms. The number of likely N-dealkylation sites (N-methyl/N-ethyl adjacent to an activating group) is 1. The van der Waals surface area contributed by atoms with Gasteiger partial charge in [0.2, 0.25) is 0 Å². The van der Waals surface area contributed by atoms with Crippen molar-refractivity contribution in [3.8, 4) is 17.2 Å². The Hall–Kier alpha value is -1.79. The van der Waals surface area contributed by atoms with Gasteiger partial charge in [-0.15, -0.1) is 0 Å². The van der Waals surface area contributed by atoms with Crippen molar-refractivity contribution < 1.29 is 19.0 Å². The Bertz CT molecular complexity index is 525. The molecule has 6 nitrogen and oxygen atoms in total. The number of ether oxygens (including phenoxy) is 3.